The summed E-state index contributed by atoms with van der Waals surface area (Å²) in [5.74, 6) is -0.242. The maximum Gasteiger partial charge on any atom is 0.322 e. The van der Waals surface area contributed by atoms with Crippen LogP contribution in [0, 0.1) is 0 Å². The molecule has 0 bridgehead atoms. The summed E-state index contributed by atoms with van der Waals surface area (Å²) in [5, 5.41) is 7.56. The van der Waals surface area contributed by atoms with Crippen LogP contribution in [0.15, 0.2) is 41.8 Å². The van der Waals surface area contributed by atoms with Crippen LogP contribution in [0.3, 0.4) is 0 Å². The Morgan fingerprint density at radius 1 is 1.17 bits per heavy atom. The quantitative estimate of drug-likeness (QED) is 0.806. The fraction of sp³-hybridized carbons (Fsp3) is 0.294. The lowest BCUT2D eigenvalue weighted by atomic mass is 10.2. The molecule has 0 atom stereocenters. The molecule has 6 nitrogen and oxygen atoms in total. The van der Waals surface area contributed by atoms with Crippen LogP contribution in [0.4, 0.5) is 16.2 Å². The van der Waals surface area contributed by atoms with E-state index in [-0.39, 0.29) is 18.5 Å². The molecule has 2 aromatic rings. The normalized spacial score (nSPS) is 10.2. The van der Waals surface area contributed by atoms with Crippen molar-refractivity contribution in [3.05, 3.63) is 46.7 Å². The third-order valence-corrected chi connectivity index (χ3v) is 4.13. The minimum atomic E-state index is -0.242. The van der Waals surface area contributed by atoms with Crippen LogP contribution in [0.1, 0.15) is 11.8 Å². The first kappa shape index (κ1) is 18.0. The maximum atomic E-state index is 12.4. The van der Waals surface area contributed by atoms with Gasteiger partial charge in [0.25, 0.3) is 0 Å². The summed E-state index contributed by atoms with van der Waals surface area (Å²) in [6.07, 6.45) is 0. The molecule has 3 amide bonds. The molecule has 2 rings (SSSR count). The number of carbonyl (C=O) groups is 2. The Morgan fingerprint density at radius 3 is 2.54 bits per heavy atom. The van der Waals surface area contributed by atoms with E-state index in [0.717, 1.165) is 4.88 Å². The number of thiophene rings is 1. The molecule has 1 aromatic carbocycles. The molecule has 2 N–H and O–H groups in total. The molecule has 0 aliphatic heterocycles. The summed E-state index contributed by atoms with van der Waals surface area (Å²) < 4.78 is 4.78. The summed E-state index contributed by atoms with van der Waals surface area (Å²) in [6, 6.07) is 10.8. The van der Waals surface area contributed by atoms with E-state index in [2.05, 4.69) is 10.6 Å². The lowest BCUT2D eigenvalue weighted by molar-refractivity contribution is -0.119. The molecule has 0 unspecified atom stereocenters. The molecule has 0 saturated carbocycles. The molecule has 128 valence electrons. The van der Waals surface area contributed by atoms with Gasteiger partial charge in [-0.05, 0) is 36.6 Å². The van der Waals surface area contributed by atoms with Crippen molar-refractivity contribution < 1.29 is 14.3 Å². The highest BCUT2D eigenvalue weighted by Gasteiger charge is 2.13. The number of anilines is 2. The zero-order chi connectivity index (χ0) is 17.4. The Hall–Kier alpha value is -2.38. The first-order chi connectivity index (χ1) is 11.6. The van der Waals surface area contributed by atoms with E-state index < -0.39 is 0 Å². The molecule has 0 saturated heterocycles. The van der Waals surface area contributed by atoms with Crippen LogP contribution in [-0.4, -0.2) is 37.1 Å². The zero-order valence-electron chi connectivity index (χ0n) is 13.7. The molecule has 1 aromatic heterocycles. The average molecular weight is 347 g/mol. The fourth-order valence-corrected chi connectivity index (χ4v) is 2.84. The van der Waals surface area contributed by atoms with E-state index in [4.69, 9.17) is 4.74 Å². The minimum Gasteiger partial charge on any atom is -0.375 e. The van der Waals surface area contributed by atoms with Crippen molar-refractivity contribution in [3.8, 4) is 0 Å². The van der Waals surface area contributed by atoms with Crippen LogP contribution in [0.25, 0.3) is 0 Å². The summed E-state index contributed by atoms with van der Waals surface area (Å²) >= 11 is 1.62. The number of hydrogen-bond donors (Lipinski definition) is 2. The molecule has 24 heavy (non-hydrogen) atoms. The molecule has 0 fully saturated rings. The van der Waals surface area contributed by atoms with Crippen molar-refractivity contribution in [2.75, 3.05) is 30.9 Å². The lowest BCUT2D eigenvalue weighted by Crippen LogP contribution is -2.34. The van der Waals surface area contributed by atoms with Gasteiger partial charge >= 0.3 is 6.03 Å². The average Bonchev–Trinajstić information content (AvgIpc) is 3.06. The number of hydrogen-bond acceptors (Lipinski definition) is 4. The topological polar surface area (TPSA) is 70.7 Å². The highest BCUT2D eigenvalue weighted by atomic mass is 32.1. The summed E-state index contributed by atoms with van der Waals surface area (Å²) in [5.41, 5.74) is 1.23. The predicted molar refractivity (Wildman–Crippen MR) is 96.4 cm³/mol. The molecule has 7 heteroatoms. The molecular weight excluding hydrogens is 326 g/mol. The van der Waals surface area contributed by atoms with Gasteiger partial charge < -0.3 is 20.3 Å². The van der Waals surface area contributed by atoms with E-state index in [0.29, 0.717) is 24.5 Å². The number of rotatable bonds is 7. The first-order valence-corrected chi connectivity index (χ1v) is 8.47. The van der Waals surface area contributed by atoms with Crippen molar-refractivity contribution in [2.45, 2.75) is 13.5 Å². The van der Waals surface area contributed by atoms with Crippen molar-refractivity contribution in [1.29, 1.82) is 0 Å². The number of ether oxygens (including phenoxy) is 1. The smallest absolute Gasteiger partial charge is 0.322 e. The zero-order valence-corrected chi connectivity index (χ0v) is 14.6. The maximum absolute atomic E-state index is 12.4. The van der Waals surface area contributed by atoms with Gasteiger partial charge in [0.15, 0.2) is 0 Å². The molecule has 0 radical (unpaired) electrons. The third kappa shape index (κ3) is 5.36. The number of methoxy groups -OCH3 is 1. The Kier molecular flexibility index (Phi) is 6.77. The van der Waals surface area contributed by atoms with Gasteiger partial charge in [-0.1, -0.05) is 12.1 Å². The third-order valence-electron chi connectivity index (χ3n) is 3.27. The highest BCUT2D eigenvalue weighted by molar-refractivity contribution is 7.09. The van der Waals surface area contributed by atoms with Gasteiger partial charge in [-0.25, -0.2) is 4.79 Å². The van der Waals surface area contributed by atoms with Crippen LogP contribution < -0.4 is 10.6 Å². The Bertz CT molecular complexity index is 673. The number of nitrogens with zero attached hydrogens (tertiary/aromatic N) is 1. The summed E-state index contributed by atoms with van der Waals surface area (Å²) in [4.78, 5) is 26.8. The Balaban J connectivity index is 1.98. The fourth-order valence-electron chi connectivity index (χ4n) is 2.12. The minimum absolute atomic E-state index is 0.0129. The van der Waals surface area contributed by atoms with Gasteiger partial charge in [-0.2, -0.15) is 0 Å². The van der Waals surface area contributed by atoms with E-state index in [1.54, 1.807) is 40.5 Å². The second-order valence-electron chi connectivity index (χ2n) is 5.09. The summed E-state index contributed by atoms with van der Waals surface area (Å²) in [7, 11) is 1.46. The number of benzene rings is 1. The first-order valence-electron chi connectivity index (χ1n) is 7.59. The SMILES string of the molecule is CCN(Cc1cccs1)C(=O)Nc1cccc(NC(=O)COC)c1. The van der Waals surface area contributed by atoms with Crippen molar-refractivity contribution in [1.82, 2.24) is 4.90 Å². The number of urea groups is 1. The van der Waals surface area contributed by atoms with Crippen LogP contribution >= 0.6 is 11.3 Å². The van der Waals surface area contributed by atoms with Gasteiger partial charge in [0.05, 0.1) is 6.54 Å². The highest BCUT2D eigenvalue weighted by Crippen LogP contribution is 2.17. The number of carbonyl (C=O) groups excluding carboxylic acids is 2. The molecule has 0 aliphatic rings. The molecule has 1 heterocycles. The van der Waals surface area contributed by atoms with E-state index in [1.165, 1.54) is 7.11 Å². The Labute approximate surface area is 145 Å². The lowest BCUT2D eigenvalue weighted by Gasteiger charge is -2.21. The molecule has 0 aliphatic carbocycles. The van der Waals surface area contributed by atoms with Crippen molar-refractivity contribution >= 4 is 34.6 Å². The van der Waals surface area contributed by atoms with Crippen LogP contribution in [0.5, 0.6) is 0 Å². The van der Waals surface area contributed by atoms with Gasteiger partial charge in [-0.3, -0.25) is 4.79 Å². The van der Waals surface area contributed by atoms with Gasteiger partial charge in [0.1, 0.15) is 6.61 Å². The Morgan fingerprint density at radius 2 is 1.92 bits per heavy atom. The molecule has 0 spiro atoms. The van der Waals surface area contributed by atoms with Gasteiger partial charge in [-0.15, -0.1) is 11.3 Å². The largest absolute Gasteiger partial charge is 0.375 e. The van der Waals surface area contributed by atoms with E-state index in [1.807, 2.05) is 24.4 Å². The van der Waals surface area contributed by atoms with Crippen LogP contribution in [0.2, 0.25) is 0 Å². The standard InChI is InChI=1S/C17H21N3O3S/c1-3-20(11-15-8-5-9-24-15)17(22)19-14-7-4-6-13(10-14)18-16(21)12-23-2/h4-10H,3,11-12H2,1-2H3,(H,18,21)(H,19,22). The van der Waals surface area contributed by atoms with E-state index >= 15 is 0 Å². The summed E-state index contributed by atoms with van der Waals surface area (Å²) in [6.45, 7) is 3.11. The second kappa shape index (κ2) is 9.05. The van der Waals surface area contributed by atoms with Crippen molar-refractivity contribution in [3.63, 3.8) is 0 Å². The number of amides is 3. The monoisotopic (exact) mass is 347 g/mol. The second-order valence-corrected chi connectivity index (χ2v) is 6.12. The predicted octanol–water partition coefficient (Wildman–Crippen LogP) is 3.39. The van der Waals surface area contributed by atoms with Gasteiger partial charge in [0.2, 0.25) is 5.91 Å². The number of nitrogens with one attached hydrogen (secondary N) is 2. The van der Waals surface area contributed by atoms with Gasteiger partial charge in [0, 0.05) is 29.9 Å². The molecular formula is C17H21N3O3S. The van der Waals surface area contributed by atoms with Crippen molar-refractivity contribution in [2.24, 2.45) is 0 Å². The van der Waals surface area contributed by atoms with Crippen LogP contribution in [-0.2, 0) is 16.1 Å². The van der Waals surface area contributed by atoms with E-state index in [9.17, 15) is 9.59 Å².